The Balaban J connectivity index is 1.23. The van der Waals surface area contributed by atoms with Gasteiger partial charge in [-0.1, -0.05) is 48.5 Å². The highest BCUT2D eigenvalue weighted by atomic mass is 16.2. The molecule has 1 aliphatic heterocycles. The first-order valence-corrected chi connectivity index (χ1v) is 11.7. The molecule has 1 aliphatic rings. The van der Waals surface area contributed by atoms with E-state index in [4.69, 9.17) is 0 Å². The minimum Gasteiger partial charge on any atom is -0.354 e. The molecule has 3 heterocycles. The summed E-state index contributed by atoms with van der Waals surface area (Å²) < 4.78 is 2.07. The molecule has 6 nitrogen and oxygen atoms in total. The van der Waals surface area contributed by atoms with Gasteiger partial charge in [-0.15, -0.1) is 0 Å². The average Bonchev–Trinajstić information content (AvgIpc) is 3.33. The summed E-state index contributed by atoms with van der Waals surface area (Å²) in [5, 5.41) is 3.03. The van der Waals surface area contributed by atoms with E-state index in [0.29, 0.717) is 25.2 Å². The molecule has 0 atom stereocenters. The zero-order valence-electron chi connectivity index (χ0n) is 19.1. The van der Waals surface area contributed by atoms with Gasteiger partial charge in [0.25, 0.3) is 11.8 Å². The van der Waals surface area contributed by atoms with Crippen molar-refractivity contribution in [2.24, 2.45) is 0 Å². The van der Waals surface area contributed by atoms with Crippen LogP contribution in [0.1, 0.15) is 26.3 Å². The SMILES string of the molecule is O=C(NCCc1ccccc1)c1ccc2ccc(N3CCN(C(=O)c4ccccc4)CC3)n2c1. The summed E-state index contributed by atoms with van der Waals surface area (Å²) in [7, 11) is 0. The van der Waals surface area contributed by atoms with Crippen molar-refractivity contribution in [3.63, 3.8) is 0 Å². The first kappa shape index (κ1) is 21.8. The second-order valence-corrected chi connectivity index (χ2v) is 8.54. The predicted molar refractivity (Wildman–Crippen MR) is 134 cm³/mol. The molecule has 34 heavy (non-hydrogen) atoms. The number of nitrogens with one attached hydrogen (secondary N) is 1. The number of aromatic nitrogens is 1. The highest BCUT2D eigenvalue weighted by Crippen LogP contribution is 2.22. The summed E-state index contributed by atoms with van der Waals surface area (Å²) in [6, 6.07) is 27.6. The first-order valence-electron chi connectivity index (χ1n) is 11.7. The van der Waals surface area contributed by atoms with E-state index < -0.39 is 0 Å². The number of hydrogen-bond donors (Lipinski definition) is 1. The zero-order chi connectivity index (χ0) is 23.3. The topological polar surface area (TPSA) is 57.1 Å². The van der Waals surface area contributed by atoms with E-state index >= 15 is 0 Å². The molecule has 1 saturated heterocycles. The molecule has 2 aromatic heterocycles. The van der Waals surface area contributed by atoms with Crippen LogP contribution in [0.2, 0.25) is 0 Å². The molecule has 2 aromatic carbocycles. The number of anilines is 1. The number of fused-ring (bicyclic) bond motifs is 1. The van der Waals surface area contributed by atoms with Crippen LogP contribution >= 0.6 is 0 Å². The van der Waals surface area contributed by atoms with Gasteiger partial charge in [0.05, 0.1) is 5.56 Å². The van der Waals surface area contributed by atoms with E-state index in [2.05, 4.69) is 38.9 Å². The lowest BCUT2D eigenvalue weighted by Crippen LogP contribution is -2.49. The third-order valence-corrected chi connectivity index (χ3v) is 6.35. The van der Waals surface area contributed by atoms with Crippen molar-refractivity contribution in [2.45, 2.75) is 6.42 Å². The smallest absolute Gasteiger partial charge is 0.253 e. The Morgan fingerprint density at radius 3 is 2.15 bits per heavy atom. The lowest BCUT2D eigenvalue weighted by molar-refractivity contribution is 0.0746. The standard InChI is InChI=1S/C28H28N4O2/c33-27(29-16-15-22-7-3-1-4-8-22)24-11-12-25-13-14-26(32(25)21-24)30-17-19-31(20-18-30)28(34)23-9-5-2-6-10-23/h1-14,21H,15-20H2,(H,29,33). The summed E-state index contributed by atoms with van der Waals surface area (Å²) in [5.74, 6) is 1.05. The summed E-state index contributed by atoms with van der Waals surface area (Å²) >= 11 is 0. The highest BCUT2D eigenvalue weighted by Gasteiger charge is 2.23. The summed E-state index contributed by atoms with van der Waals surface area (Å²) in [4.78, 5) is 29.7. The van der Waals surface area contributed by atoms with Crippen LogP contribution in [0.25, 0.3) is 5.52 Å². The minimum absolute atomic E-state index is 0.0734. The quantitative estimate of drug-likeness (QED) is 0.483. The molecule has 172 valence electrons. The van der Waals surface area contributed by atoms with Crippen molar-refractivity contribution < 1.29 is 9.59 Å². The van der Waals surface area contributed by atoms with Crippen LogP contribution in [0.15, 0.2) is 91.1 Å². The lowest BCUT2D eigenvalue weighted by atomic mass is 10.1. The van der Waals surface area contributed by atoms with Crippen molar-refractivity contribution >= 4 is 23.1 Å². The van der Waals surface area contributed by atoms with Gasteiger partial charge in [0.15, 0.2) is 0 Å². The summed E-state index contributed by atoms with van der Waals surface area (Å²) in [5.41, 5.74) is 3.61. The van der Waals surface area contributed by atoms with Gasteiger partial charge in [-0.2, -0.15) is 0 Å². The number of hydrogen-bond acceptors (Lipinski definition) is 3. The molecule has 0 bridgehead atoms. The second kappa shape index (κ2) is 9.83. The van der Waals surface area contributed by atoms with Gasteiger partial charge in [0, 0.05) is 50.0 Å². The number of piperazine rings is 1. The van der Waals surface area contributed by atoms with Gasteiger partial charge >= 0.3 is 0 Å². The van der Waals surface area contributed by atoms with Crippen molar-refractivity contribution in [3.05, 3.63) is 108 Å². The van der Waals surface area contributed by atoms with Gasteiger partial charge < -0.3 is 19.5 Å². The molecule has 0 radical (unpaired) electrons. The first-order chi connectivity index (χ1) is 16.7. The number of amides is 2. The third-order valence-electron chi connectivity index (χ3n) is 6.35. The molecule has 0 aliphatic carbocycles. The Labute approximate surface area is 199 Å². The van der Waals surface area contributed by atoms with E-state index in [1.807, 2.05) is 71.8 Å². The van der Waals surface area contributed by atoms with Crippen LogP contribution in [0.5, 0.6) is 0 Å². The maximum absolute atomic E-state index is 12.8. The van der Waals surface area contributed by atoms with E-state index in [1.54, 1.807) is 0 Å². The fourth-order valence-electron chi connectivity index (χ4n) is 4.45. The fourth-order valence-corrected chi connectivity index (χ4v) is 4.45. The molecule has 0 saturated carbocycles. The highest BCUT2D eigenvalue weighted by molar-refractivity contribution is 5.95. The lowest BCUT2D eigenvalue weighted by Gasteiger charge is -2.36. The van der Waals surface area contributed by atoms with E-state index in [0.717, 1.165) is 36.4 Å². The predicted octanol–water partition coefficient (Wildman–Crippen LogP) is 3.87. The van der Waals surface area contributed by atoms with Gasteiger partial charge in [-0.3, -0.25) is 9.59 Å². The van der Waals surface area contributed by atoms with Crippen LogP contribution in [-0.4, -0.2) is 53.8 Å². The Kier molecular flexibility index (Phi) is 6.29. The fraction of sp³-hybridized carbons (Fsp3) is 0.214. The average molecular weight is 453 g/mol. The van der Waals surface area contributed by atoms with Crippen molar-refractivity contribution in [1.82, 2.24) is 14.6 Å². The van der Waals surface area contributed by atoms with E-state index in [1.165, 1.54) is 5.56 Å². The van der Waals surface area contributed by atoms with Crippen LogP contribution in [-0.2, 0) is 6.42 Å². The molecule has 1 N–H and O–H groups in total. The normalized spacial score (nSPS) is 13.8. The zero-order valence-corrected chi connectivity index (χ0v) is 19.1. The number of rotatable bonds is 6. The summed E-state index contributed by atoms with van der Waals surface area (Å²) in [6.07, 6.45) is 2.71. The second-order valence-electron chi connectivity index (χ2n) is 8.54. The van der Waals surface area contributed by atoms with Crippen molar-refractivity contribution in [1.29, 1.82) is 0 Å². The molecule has 6 heteroatoms. The number of nitrogens with zero attached hydrogens (tertiary/aromatic N) is 3. The monoisotopic (exact) mass is 452 g/mol. The van der Waals surface area contributed by atoms with E-state index in [-0.39, 0.29) is 11.8 Å². The molecular weight excluding hydrogens is 424 g/mol. The Hall–Kier alpha value is -4.06. The largest absolute Gasteiger partial charge is 0.354 e. The van der Waals surface area contributed by atoms with Crippen LogP contribution in [0.3, 0.4) is 0 Å². The molecule has 1 fully saturated rings. The molecule has 2 amide bonds. The van der Waals surface area contributed by atoms with Gasteiger partial charge in [0.2, 0.25) is 0 Å². The van der Waals surface area contributed by atoms with Gasteiger partial charge in [0.1, 0.15) is 5.82 Å². The number of benzene rings is 2. The molecular formula is C28H28N4O2. The minimum atomic E-state index is -0.0734. The van der Waals surface area contributed by atoms with E-state index in [9.17, 15) is 9.59 Å². The third kappa shape index (κ3) is 4.66. The Morgan fingerprint density at radius 1 is 0.735 bits per heavy atom. The van der Waals surface area contributed by atoms with Crippen LogP contribution in [0.4, 0.5) is 5.82 Å². The van der Waals surface area contributed by atoms with Gasteiger partial charge in [-0.25, -0.2) is 0 Å². The molecule has 0 unspecified atom stereocenters. The number of pyridine rings is 1. The van der Waals surface area contributed by atoms with Gasteiger partial charge in [-0.05, 0) is 48.4 Å². The maximum Gasteiger partial charge on any atom is 0.253 e. The Bertz CT molecular complexity index is 1280. The molecule has 0 spiro atoms. The van der Waals surface area contributed by atoms with Crippen molar-refractivity contribution in [2.75, 3.05) is 37.6 Å². The Morgan fingerprint density at radius 2 is 1.41 bits per heavy atom. The summed E-state index contributed by atoms with van der Waals surface area (Å²) in [6.45, 7) is 3.43. The molecule has 4 aromatic rings. The molecule has 5 rings (SSSR count). The van der Waals surface area contributed by atoms with Crippen molar-refractivity contribution in [3.8, 4) is 0 Å². The van der Waals surface area contributed by atoms with Crippen LogP contribution in [0, 0.1) is 0 Å². The van der Waals surface area contributed by atoms with Crippen LogP contribution < -0.4 is 10.2 Å². The number of carbonyl (C=O) groups is 2. The number of carbonyl (C=O) groups excluding carboxylic acids is 2. The maximum atomic E-state index is 12.8.